The molecule has 2 aliphatic heterocycles. The lowest BCUT2D eigenvalue weighted by Crippen LogP contribution is -2.30. The molecule has 0 radical (unpaired) electrons. The van der Waals surface area contributed by atoms with Crippen molar-refractivity contribution in [1.29, 1.82) is 0 Å². The number of anilines is 2. The van der Waals surface area contributed by atoms with Gasteiger partial charge in [-0.1, -0.05) is 47.5 Å². The normalized spacial score (nSPS) is 16.7. The molecule has 2 aromatic heterocycles. The van der Waals surface area contributed by atoms with Gasteiger partial charge in [0.1, 0.15) is 31.0 Å². The molecule has 0 saturated heterocycles. The summed E-state index contributed by atoms with van der Waals surface area (Å²) < 4.78 is 208. The second-order valence-electron chi connectivity index (χ2n) is 20.3. The number of H-pyrrole nitrogens is 4. The van der Waals surface area contributed by atoms with Crippen molar-refractivity contribution in [2.45, 2.75) is 55.3 Å². The van der Waals surface area contributed by atoms with Crippen molar-refractivity contribution in [3.05, 3.63) is 163 Å². The van der Waals surface area contributed by atoms with Gasteiger partial charge in [-0.05, 0) is 145 Å². The van der Waals surface area contributed by atoms with Crippen LogP contribution in [-0.2, 0) is 70.3 Å². The maximum absolute atomic E-state index is 13.5. The molecular formula is C52H38Cl4N18O20S6. The number of hydrogen-bond donors (Lipinski definition) is 10. The number of azo groups is 2. The number of nitrogens with zero attached hydrogens (tertiary/aromatic N) is 14. The van der Waals surface area contributed by atoms with Crippen LogP contribution in [0.15, 0.2) is 189 Å². The van der Waals surface area contributed by atoms with Crippen LogP contribution in [0.2, 0.25) is 20.6 Å². The summed E-state index contributed by atoms with van der Waals surface area (Å²) in [5.41, 5.74) is -4.18. The summed E-state index contributed by atoms with van der Waals surface area (Å²) in [5, 5.41) is 24.0. The van der Waals surface area contributed by atoms with Crippen LogP contribution in [0.1, 0.15) is 25.0 Å². The Kier molecular flexibility index (Phi) is 20.3. The Hall–Kier alpha value is -9.62. The number of halogens is 4. The van der Waals surface area contributed by atoms with Gasteiger partial charge in [-0.25, -0.2) is 20.0 Å². The first kappa shape index (κ1) is 73.1. The quantitative estimate of drug-likeness (QED) is 0.0242. The van der Waals surface area contributed by atoms with E-state index in [1.807, 2.05) is 0 Å². The molecule has 2 amide bonds. The zero-order valence-electron chi connectivity index (χ0n) is 49.3. The van der Waals surface area contributed by atoms with Gasteiger partial charge >= 0.3 is 0 Å². The number of carbonyl (C=O) groups excluding carboxylic acids is 2. The number of benzene rings is 6. The molecule has 0 spiro atoms. The Morgan fingerprint density at radius 3 is 1.10 bits per heavy atom. The van der Waals surface area contributed by atoms with Gasteiger partial charge < -0.3 is 9.97 Å². The Morgan fingerprint density at radius 2 is 0.760 bits per heavy atom. The summed E-state index contributed by atoms with van der Waals surface area (Å²) >= 11 is 24.9. The van der Waals surface area contributed by atoms with Gasteiger partial charge in [-0.3, -0.25) is 46.9 Å². The van der Waals surface area contributed by atoms with E-state index in [2.05, 4.69) is 80.5 Å². The summed E-state index contributed by atoms with van der Waals surface area (Å²) in [5.74, 6) is -1.88. The zero-order valence-corrected chi connectivity index (χ0v) is 57.2. The van der Waals surface area contributed by atoms with Crippen molar-refractivity contribution >= 4 is 188 Å². The third-order valence-electron chi connectivity index (χ3n) is 13.3. The minimum Gasteiger partial charge on any atom is -0.300 e. The SMILES string of the molecule is CC1=NN(c2cc(S(=O)(=O)O)ccc2Cl)C(=O)C1N=Nc1cc(N=c2nc(Cl)[nH]c(=Nc3ccc(/C=C/c4ccc(N=c5[nH]c(Cl)nc(=Nc6ccc(S(=O)(=O)O)c(N=NC7C(=O)N(c8cc(S(=O)(=O)O)ccc8Cl)N=C7C)c6)[nH]5)cc4S(=O)(=O)O)c(S(=O)(=O)O)c3)[nH]2)ccc1S(=O)(=O)O. The average molecular weight is 1570 g/mol. The molecule has 2 unspecified atom stereocenters. The molecule has 38 nitrogen and oxygen atoms in total. The van der Waals surface area contributed by atoms with Crippen molar-refractivity contribution in [3.63, 3.8) is 0 Å². The number of aromatic amines is 4. The van der Waals surface area contributed by atoms with Gasteiger partial charge in [0.05, 0.1) is 65.4 Å². The number of amides is 2. The molecule has 6 aromatic carbocycles. The number of carbonyl (C=O) groups is 2. The second-order valence-corrected chi connectivity index (χ2v) is 30.2. The molecule has 0 saturated carbocycles. The van der Waals surface area contributed by atoms with Crippen LogP contribution in [0.25, 0.3) is 12.2 Å². The van der Waals surface area contributed by atoms with Crippen molar-refractivity contribution < 1.29 is 87.4 Å². The summed E-state index contributed by atoms with van der Waals surface area (Å²) in [6, 6.07) is 15.2. The number of nitrogens with one attached hydrogen (secondary N) is 4. The molecule has 0 bridgehead atoms. The molecule has 2 aliphatic rings. The molecule has 0 aliphatic carbocycles. The predicted octanol–water partition coefficient (Wildman–Crippen LogP) is 6.73. The molecule has 10 N–H and O–H groups in total. The number of rotatable bonds is 18. The van der Waals surface area contributed by atoms with Crippen LogP contribution >= 0.6 is 46.4 Å². The fourth-order valence-electron chi connectivity index (χ4n) is 8.91. The first-order chi connectivity index (χ1) is 46.6. The van der Waals surface area contributed by atoms with Crippen LogP contribution in [0, 0.1) is 0 Å². The fourth-order valence-corrected chi connectivity index (χ4v) is 13.3. The number of aromatic nitrogens is 6. The van der Waals surface area contributed by atoms with Gasteiger partial charge in [-0.2, -0.15) is 101 Å². The van der Waals surface area contributed by atoms with Crippen molar-refractivity contribution in [2.75, 3.05) is 10.0 Å². The third-order valence-corrected chi connectivity index (χ3v) is 19.7. The van der Waals surface area contributed by atoms with E-state index in [0.29, 0.717) is 10.0 Å². The minimum absolute atomic E-state index is 0.0335. The minimum atomic E-state index is -5.13. The van der Waals surface area contributed by atoms with Crippen LogP contribution < -0.4 is 32.5 Å². The zero-order chi connectivity index (χ0) is 72.9. The monoisotopic (exact) mass is 1570 g/mol. The van der Waals surface area contributed by atoms with Crippen molar-refractivity contribution in [3.8, 4) is 0 Å². The van der Waals surface area contributed by atoms with Crippen LogP contribution in [0.3, 0.4) is 0 Å². The standard InChI is InChI=1S/C52H38Cl4N18O20S6/c1-23-43(45(75)73(71-23)37-21-31(95(77,78)79)11-13-33(37)53)69-67-35-17-27(9-15-39(35)97(83,84)85)57-49-61-47(55)63-51(65-49)59-29-7-5-25(41(19-29)99(89,90)91)3-4-26-6-8-30(20-42(26)100(92,93)94)60-52-64-48(56)62-50(66-52)58-28-10-16-40(98(86,87)88)36(18-28)68-70-44-24(2)72-74(46(44)76)38-22-32(96(80,81)82)12-14-34(38)54/h3-22,43-44H,1-2H3,(H,77,78,79)(H,80,81,82)(H,83,84,85)(H,86,87,88)(H,89,90,91)(H,92,93,94)(H2,57,59,61,63,65)(H2,58,60,62,64,66)/b4-3+,69-67?,70-68?. The van der Waals surface area contributed by atoms with Gasteiger partial charge in [-0.15, -0.1) is 0 Å². The Balaban J connectivity index is 0.903. The van der Waals surface area contributed by atoms with E-state index in [9.17, 15) is 87.4 Å². The van der Waals surface area contributed by atoms with E-state index in [0.717, 1.165) is 109 Å². The summed E-state index contributed by atoms with van der Waals surface area (Å²) in [6.07, 6.45) is 2.12. The van der Waals surface area contributed by atoms with Crippen LogP contribution in [0.5, 0.6) is 0 Å². The van der Waals surface area contributed by atoms with Crippen LogP contribution in [-0.4, -0.2) is 143 Å². The highest BCUT2D eigenvalue weighted by Gasteiger charge is 2.38. The molecule has 4 heterocycles. The van der Waals surface area contributed by atoms with Crippen molar-refractivity contribution in [2.24, 2.45) is 50.6 Å². The van der Waals surface area contributed by atoms with E-state index >= 15 is 0 Å². The summed E-state index contributed by atoms with van der Waals surface area (Å²) in [6.45, 7) is 2.67. The molecule has 48 heteroatoms. The third kappa shape index (κ3) is 17.0. The predicted molar refractivity (Wildman–Crippen MR) is 351 cm³/mol. The van der Waals surface area contributed by atoms with E-state index in [1.54, 1.807) is 0 Å². The van der Waals surface area contributed by atoms with Gasteiger partial charge in [0.15, 0.2) is 12.1 Å². The topological polar surface area (TPSA) is 579 Å². The molecule has 10 rings (SSSR count). The van der Waals surface area contributed by atoms with Gasteiger partial charge in [0.2, 0.25) is 33.0 Å². The van der Waals surface area contributed by atoms with E-state index in [-0.39, 0.29) is 99.8 Å². The van der Waals surface area contributed by atoms with Gasteiger partial charge in [0, 0.05) is 0 Å². The van der Waals surface area contributed by atoms with E-state index < -0.39 is 125 Å². The van der Waals surface area contributed by atoms with E-state index in [4.69, 9.17) is 46.4 Å². The largest absolute Gasteiger partial charge is 0.300 e. The average Bonchev–Trinajstić information content (AvgIpc) is 1.56. The summed E-state index contributed by atoms with van der Waals surface area (Å²) in [7, 11) is -29.8. The maximum Gasteiger partial charge on any atom is 0.296 e. The number of hydrogen-bond acceptors (Lipinski definition) is 26. The lowest BCUT2D eigenvalue weighted by molar-refractivity contribution is -0.118. The highest BCUT2D eigenvalue weighted by atomic mass is 35.5. The fraction of sp³-hybridized carbons (Fsp3) is 0.0769. The van der Waals surface area contributed by atoms with Gasteiger partial charge in [0.25, 0.3) is 72.5 Å². The summed E-state index contributed by atoms with van der Waals surface area (Å²) in [4.78, 5) is 58.0. The lowest BCUT2D eigenvalue weighted by Gasteiger charge is -2.15. The second kappa shape index (κ2) is 27.8. The Morgan fingerprint density at radius 1 is 0.420 bits per heavy atom. The first-order valence-corrected chi connectivity index (χ1v) is 36.9. The lowest BCUT2D eigenvalue weighted by atomic mass is 10.1. The Bertz CT molecular complexity index is 5700. The van der Waals surface area contributed by atoms with Crippen molar-refractivity contribution in [1.82, 2.24) is 29.9 Å². The van der Waals surface area contributed by atoms with E-state index in [1.165, 1.54) is 26.0 Å². The molecular weight excluding hydrogens is 1530 g/mol. The number of hydrazone groups is 2. The molecule has 8 aromatic rings. The first-order valence-electron chi connectivity index (χ1n) is 26.8. The highest BCUT2D eigenvalue weighted by Crippen LogP contribution is 2.37. The smallest absolute Gasteiger partial charge is 0.296 e. The molecule has 2 atom stereocenters. The molecule has 0 fully saturated rings. The highest BCUT2D eigenvalue weighted by molar-refractivity contribution is 7.87. The van der Waals surface area contributed by atoms with Crippen LogP contribution in [0.4, 0.5) is 45.5 Å². The Labute approximate surface area is 580 Å². The maximum atomic E-state index is 13.5. The molecule has 100 heavy (non-hydrogen) atoms. The molecule has 520 valence electrons.